The van der Waals surface area contributed by atoms with Crippen molar-refractivity contribution < 1.29 is 23.8 Å². The minimum Gasteiger partial charge on any atom is -0.497 e. The molecule has 2 aromatic carbocycles. The predicted molar refractivity (Wildman–Crippen MR) is 125 cm³/mol. The van der Waals surface area contributed by atoms with Crippen LogP contribution in [-0.4, -0.2) is 32.6 Å². The lowest BCUT2D eigenvalue weighted by molar-refractivity contribution is -0.138. The van der Waals surface area contributed by atoms with Gasteiger partial charge in [0.15, 0.2) is 5.78 Å². The van der Waals surface area contributed by atoms with Crippen molar-refractivity contribution in [2.45, 2.75) is 38.5 Å². The summed E-state index contributed by atoms with van der Waals surface area (Å²) in [4.78, 5) is 26.7. The van der Waals surface area contributed by atoms with Crippen molar-refractivity contribution in [2.24, 2.45) is 0 Å². The van der Waals surface area contributed by atoms with Gasteiger partial charge < -0.3 is 19.5 Å². The summed E-state index contributed by atoms with van der Waals surface area (Å²) >= 11 is 0. The molecule has 6 heteroatoms. The second-order valence-corrected chi connectivity index (χ2v) is 8.26. The standard InChI is InChI=1S/C27H29NO5/c1-5-33-27(30)24-16(2)28-21-13-18(17-9-7-6-8-10-17)14-22(29)26(21)25(24)20-15-19(31-3)11-12-23(20)32-4/h6-12,15,18,25,28H,5,13-14H2,1-4H3/t18-,25-/m1/s1. The number of hydrogen-bond acceptors (Lipinski definition) is 6. The van der Waals surface area contributed by atoms with Gasteiger partial charge >= 0.3 is 5.97 Å². The third-order valence-corrected chi connectivity index (χ3v) is 6.34. The summed E-state index contributed by atoms with van der Waals surface area (Å²) in [6, 6.07) is 15.5. The number of allylic oxidation sites excluding steroid dienone is 3. The molecule has 2 aliphatic rings. The van der Waals surface area contributed by atoms with Crippen LogP contribution in [0, 0.1) is 0 Å². The van der Waals surface area contributed by atoms with Gasteiger partial charge in [-0.3, -0.25) is 4.79 Å². The Morgan fingerprint density at radius 2 is 1.82 bits per heavy atom. The number of ether oxygens (including phenoxy) is 3. The molecule has 4 rings (SSSR count). The molecule has 0 saturated carbocycles. The van der Waals surface area contributed by atoms with Gasteiger partial charge in [-0.15, -0.1) is 0 Å². The molecule has 0 bridgehead atoms. The molecule has 1 heterocycles. The zero-order valence-corrected chi connectivity index (χ0v) is 19.4. The van der Waals surface area contributed by atoms with E-state index in [9.17, 15) is 9.59 Å². The maximum Gasteiger partial charge on any atom is 0.336 e. The molecule has 0 radical (unpaired) electrons. The van der Waals surface area contributed by atoms with Gasteiger partial charge in [-0.05, 0) is 49.9 Å². The lowest BCUT2D eigenvalue weighted by atomic mass is 9.71. The number of benzene rings is 2. The number of Topliss-reactive ketones (excluding diaryl/α,β-unsaturated/α-hetero) is 1. The summed E-state index contributed by atoms with van der Waals surface area (Å²) in [6.07, 6.45) is 1.06. The average molecular weight is 448 g/mol. The lowest BCUT2D eigenvalue weighted by Crippen LogP contribution is -2.36. The Balaban J connectivity index is 1.87. The molecule has 0 spiro atoms. The van der Waals surface area contributed by atoms with E-state index in [0.717, 1.165) is 11.3 Å². The molecule has 0 amide bonds. The zero-order chi connectivity index (χ0) is 23.5. The van der Waals surface area contributed by atoms with E-state index in [1.165, 1.54) is 0 Å². The van der Waals surface area contributed by atoms with Gasteiger partial charge in [-0.25, -0.2) is 4.79 Å². The normalized spacial score (nSPS) is 20.2. The largest absolute Gasteiger partial charge is 0.497 e. The lowest BCUT2D eigenvalue weighted by Gasteiger charge is -2.37. The molecule has 2 aromatic rings. The van der Waals surface area contributed by atoms with Crippen molar-refractivity contribution in [3.63, 3.8) is 0 Å². The first-order chi connectivity index (χ1) is 16.0. The summed E-state index contributed by atoms with van der Waals surface area (Å²) < 4.78 is 16.5. The van der Waals surface area contributed by atoms with Gasteiger partial charge in [-0.1, -0.05) is 30.3 Å². The van der Waals surface area contributed by atoms with E-state index >= 15 is 0 Å². The van der Waals surface area contributed by atoms with Crippen molar-refractivity contribution in [3.8, 4) is 11.5 Å². The average Bonchev–Trinajstić information content (AvgIpc) is 2.83. The Labute approximate surface area is 194 Å². The highest BCUT2D eigenvalue weighted by Gasteiger charge is 2.42. The molecular weight excluding hydrogens is 418 g/mol. The molecule has 0 unspecified atom stereocenters. The SMILES string of the molecule is CCOC(=O)C1=C(C)NC2=C(C(=O)C[C@H](c3ccccc3)C2)[C@@H]1c1cc(OC)ccc1OC. The van der Waals surface area contributed by atoms with Gasteiger partial charge in [0.05, 0.1) is 32.3 Å². The minimum atomic E-state index is -0.602. The second kappa shape index (κ2) is 9.53. The molecule has 0 aromatic heterocycles. The van der Waals surface area contributed by atoms with Crippen molar-refractivity contribution in [1.29, 1.82) is 0 Å². The van der Waals surface area contributed by atoms with Crippen LogP contribution in [0.5, 0.6) is 11.5 Å². The molecular formula is C27H29NO5. The molecule has 33 heavy (non-hydrogen) atoms. The van der Waals surface area contributed by atoms with E-state index in [-0.39, 0.29) is 18.3 Å². The fourth-order valence-electron chi connectivity index (χ4n) is 4.86. The number of dihydropyridines is 1. The van der Waals surface area contributed by atoms with Crippen molar-refractivity contribution in [1.82, 2.24) is 5.32 Å². The predicted octanol–water partition coefficient (Wildman–Crippen LogP) is 4.63. The number of rotatable bonds is 6. The van der Waals surface area contributed by atoms with Crippen LogP contribution in [0.15, 0.2) is 71.1 Å². The monoisotopic (exact) mass is 447 g/mol. The number of methoxy groups -OCH3 is 2. The van der Waals surface area contributed by atoms with Crippen molar-refractivity contribution >= 4 is 11.8 Å². The molecule has 1 aliphatic heterocycles. The van der Waals surface area contributed by atoms with Crippen LogP contribution < -0.4 is 14.8 Å². The minimum absolute atomic E-state index is 0.0155. The molecule has 1 N–H and O–H groups in total. The second-order valence-electron chi connectivity index (χ2n) is 8.26. The smallest absolute Gasteiger partial charge is 0.336 e. The Morgan fingerprint density at radius 3 is 2.48 bits per heavy atom. The fraction of sp³-hybridized carbons (Fsp3) is 0.333. The van der Waals surface area contributed by atoms with Crippen molar-refractivity contribution in [3.05, 3.63) is 82.2 Å². The molecule has 0 saturated heterocycles. The van der Waals surface area contributed by atoms with Gasteiger partial charge in [0.25, 0.3) is 0 Å². The van der Waals surface area contributed by atoms with Crippen LogP contribution in [0.4, 0.5) is 0 Å². The molecule has 0 fully saturated rings. The molecule has 2 atom stereocenters. The maximum atomic E-state index is 13.6. The highest BCUT2D eigenvalue weighted by molar-refractivity contribution is 6.04. The molecule has 172 valence electrons. The highest BCUT2D eigenvalue weighted by atomic mass is 16.5. The summed E-state index contributed by atoms with van der Waals surface area (Å²) in [7, 11) is 3.17. The molecule has 1 aliphatic carbocycles. The highest BCUT2D eigenvalue weighted by Crippen LogP contribution is 2.48. The van der Waals surface area contributed by atoms with Gasteiger partial charge in [-0.2, -0.15) is 0 Å². The van der Waals surface area contributed by atoms with E-state index < -0.39 is 11.9 Å². The summed E-state index contributed by atoms with van der Waals surface area (Å²) in [5.74, 6) is 0.257. The number of esters is 1. The Bertz CT molecular complexity index is 1130. The van der Waals surface area contributed by atoms with E-state index in [1.807, 2.05) is 31.2 Å². The Morgan fingerprint density at radius 1 is 1.06 bits per heavy atom. The van der Waals surface area contributed by atoms with Crippen LogP contribution in [0.1, 0.15) is 49.7 Å². The Kier molecular flexibility index (Phi) is 6.54. The summed E-state index contributed by atoms with van der Waals surface area (Å²) in [5, 5.41) is 3.37. The van der Waals surface area contributed by atoms with Crippen LogP contribution in [0.2, 0.25) is 0 Å². The zero-order valence-electron chi connectivity index (χ0n) is 19.4. The summed E-state index contributed by atoms with van der Waals surface area (Å²) in [5.41, 5.74) is 4.40. The van der Waals surface area contributed by atoms with E-state index in [2.05, 4.69) is 17.4 Å². The number of nitrogens with one attached hydrogen (secondary N) is 1. The summed E-state index contributed by atoms with van der Waals surface area (Å²) in [6.45, 7) is 3.87. The Hall–Kier alpha value is -3.54. The fourth-order valence-corrected chi connectivity index (χ4v) is 4.86. The van der Waals surface area contributed by atoms with Crippen LogP contribution in [-0.2, 0) is 14.3 Å². The first-order valence-corrected chi connectivity index (χ1v) is 11.2. The quantitative estimate of drug-likeness (QED) is 0.651. The third-order valence-electron chi connectivity index (χ3n) is 6.34. The van der Waals surface area contributed by atoms with E-state index in [4.69, 9.17) is 14.2 Å². The van der Waals surface area contributed by atoms with Crippen LogP contribution in [0.3, 0.4) is 0 Å². The number of carbonyl (C=O) groups excluding carboxylic acids is 2. The van der Waals surface area contributed by atoms with Gasteiger partial charge in [0, 0.05) is 29.0 Å². The third kappa shape index (κ3) is 4.25. The number of ketones is 1. The van der Waals surface area contributed by atoms with E-state index in [1.54, 1.807) is 33.3 Å². The van der Waals surface area contributed by atoms with Crippen LogP contribution >= 0.6 is 0 Å². The van der Waals surface area contributed by atoms with Crippen molar-refractivity contribution in [2.75, 3.05) is 20.8 Å². The first kappa shape index (κ1) is 22.6. The molecule has 6 nitrogen and oxygen atoms in total. The van der Waals surface area contributed by atoms with Gasteiger partial charge in [0.1, 0.15) is 11.5 Å². The first-order valence-electron chi connectivity index (χ1n) is 11.2. The van der Waals surface area contributed by atoms with E-state index in [0.29, 0.717) is 46.7 Å². The number of carbonyl (C=O) groups is 2. The topological polar surface area (TPSA) is 73.9 Å². The number of hydrogen-bond donors (Lipinski definition) is 1. The maximum absolute atomic E-state index is 13.6. The van der Waals surface area contributed by atoms with Crippen LogP contribution in [0.25, 0.3) is 0 Å². The van der Waals surface area contributed by atoms with Gasteiger partial charge in [0.2, 0.25) is 0 Å².